The summed E-state index contributed by atoms with van der Waals surface area (Å²) in [7, 11) is 1.63. The topological polar surface area (TPSA) is 70.2 Å². The quantitative estimate of drug-likeness (QED) is 0.537. The van der Waals surface area contributed by atoms with Crippen LogP contribution in [0, 0.1) is 24.6 Å². The van der Waals surface area contributed by atoms with Crippen molar-refractivity contribution in [2.45, 2.75) is 19.8 Å². The first-order chi connectivity index (χ1) is 17.8. The molecule has 2 aromatic rings. The number of halogens is 1. The summed E-state index contributed by atoms with van der Waals surface area (Å²) in [4.78, 5) is 45.5. The number of amides is 2. The SMILES string of the molecule is COCCN1C[C@H](C(=O)c2ccccc2)[C@@H](c2cccc(F)c2C)[C@H](C(=O)N2CCN(C(C)=O)CC2)C1. The number of carbonyl (C=O) groups is 3. The molecule has 0 radical (unpaired) electrons. The Morgan fingerprint density at radius 3 is 2.22 bits per heavy atom. The van der Waals surface area contributed by atoms with E-state index in [1.807, 2.05) is 24.3 Å². The Balaban J connectivity index is 1.74. The van der Waals surface area contributed by atoms with Crippen molar-refractivity contribution in [1.29, 1.82) is 0 Å². The molecule has 198 valence electrons. The molecule has 3 atom stereocenters. The number of methoxy groups -OCH3 is 1. The maximum Gasteiger partial charge on any atom is 0.227 e. The summed E-state index contributed by atoms with van der Waals surface area (Å²) in [6.07, 6.45) is 0. The van der Waals surface area contributed by atoms with Gasteiger partial charge >= 0.3 is 0 Å². The van der Waals surface area contributed by atoms with Gasteiger partial charge in [0, 0.05) is 77.2 Å². The Kier molecular flexibility index (Phi) is 8.71. The maximum absolute atomic E-state index is 14.8. The summed E-state index contributed by atoms with van der Waals surface area (Å²) in [6, 6.07) is 14.0. The lowest BCUT2D eigenvalue weighted by atomic mass is 9.69. The maximum atomic E-state index is 14.8. The summed E-state index contributed by atoms with van der Waals surface area (Å²) >= 11 is 0. The fraction of sp³-hybridized carbons (Fsp3) is 0.483. The van der Waals surface area contributed by atoms with E-state index in [2.05, 4.69) is 4.90 Å². The molecule has 2 amide bonds. The third-order valence-corrected chi connectivity index (χ3v) is 7.81. The van der Waals surface area contributed by atoms with Gasteiger partial charge in [-0.3, -0.25) is 19.3 Å². The van der Waals surface area contributed by atoms with Gasteiger partial charge in [0.15, 0.2) is 5.78 Å². The van der Waals surface area contributed by atoms with Crippen LogP contribution in [-0.4, -0.2) is 91.8 Å². The molecule has 2 aliphatic heterocycles. The molecule has 0 saturated carbocycles. The van der Waals surface area contributed by atoms with Gasteiger partial charge in [0.2, 0.25) is 11.8 Å². The van der Waals surface area contributed by atoms with E-state index in [4.69, 9.17) is 4.74 Å². The number of ketones is 1. The monoisotopic (exact) mass is 509 g/mol. The van der Waals surface area contributed by atoms with E-state index in [9.17, 15) is 18.8 Å². The third-order valence-electron chi connectivity index (χ3n) is 7.81. The highest BCUT2D eigenvalue weighted by atomic mass is 19.1. The molecule has 8 heteroatoms. The predicted molar refractivity (Wildman–Crippen MR) is 139 cm³/mol. The van der Waals surface area contributed by atoms with Crippen LogP contribution in [0.4, 0.5) is 4.39 Å². The molecule has 7 nitrogen and oxygen atoms in total. The number of likely N-dealkylation sites (tertiary alicyclic amines) is 1. The molecule has 4 rings (SSSR count). The van der Waals surface area contributed by atoms with Crippen molar-refractivity contribution >= 4 is 17.6 Å². The van der Waals surface area contributed by atoms with Crippen molar-refractivity contribution in [3.8, 4) is 0 Å². The van der Waals surface area contributed by atoms with Crippen molar-refractivity contribution in [2.24, 2.45) is 11.8 Å². The van der Waals surface area contributed by atoms with Crippen LogP contribution >= 0.6 is 0 Å². The van der Waals surface area contributed by atoms with Crippen LogP contribution in [0.5, 0.6) is 0 Å². The van der Waals surface area contributed by atoms with Crippen LogP contribution in [0.2, 0.25) is 0 Å². The number of hydrogen-bond donors (Lipinski definition) is 0. The minimum Gasteiger partial charge on any atom is -0.383 e. The Hall–Kier alpha value is -3.10. The van der Waals surface area contributed by atoms with Crippen LogP contribution in [0.25, 0.3) is 0 Å². The van der Waals surface area contributed by atoms with E-state index in [-0.39, 0.29) is 23.4 Å². The van der Waals surface area contributed by atoms with Gasteiger partial charge in [-0.2, -0.15) is 0 Å². The number of carbonyl (C=O) groups excluding carboxylic acids is 3. The molecule has 2 saturated heterocycles. The summed E-state index contributed by atoms with van der Waals surface area (Å²) in [6.45, 7) is 7.09. The van der Waals surface area contributed by atoms with E-state index in [1.165, 1.54) is 13.0 Å². The Bertz CT molecular complexity index is 1120. The molecule has 0 aromatic heterocycles. The normalized spacial score (nSPS) is 22.6. The van der Waals surface area contributed by atoms with Gasteiger partial charge in [-0.05, 0) is 24.1 Å². The zero-order chi connectivity index (χ0) is 26.5. The number of benzene rings is 2. The van der Waals surface area contributed by atoms with Crippen LogP contribution in [0.3, 0.4) is 0 Å². The summed E-state index contributed by atoms with van der Waals surface area (Å²) in [5.41, 5.74) is 1.77. The van der Waals surface area contributed by atoms with Crippen molar-refractivity contribution in [1.82, 2.24) is 14.7 Å². The van der Waals surface area contributed by atoms with Gasteiger partial charge in [0.05, 0.1) is 12.5 Å². The van der Waals surface area contributed by atoms with Gasteiger partial charge in [0.25, 0.3) is 0 Å². The lowest BCUT2D eigenvalue weighted by Gasteiger charge is -2.45. The van der Waals surface area contributed by atoms with Crippen molar-refractivity contribution < 1.29 is 23.5 Å². The van der Waals surface area contributed by atoms with Crippen molar-refractivity contribution in [3.05, 3.63) is 71.0 Å². The van der Waals surface area contributed by atoms with E-state index < -0.39 is 17.8 Å². The Labute approximate surface area is 218 Å². The molecule has 0 N–H and O–H groups in total. The number of piperidine rings is 1. The van der Waals surface area contributed by atoms with Crippen LogP contribution in [0.1, 0.15) is 34.3 Å². The Morgan fingerprint density at radius 1 is 0.919 bits per heavy atom. The second kappa shape index (κ2) is 12.0. The fourth-order valence-electron chi connectivity index (χ4n) is 5.73. The molecule has 2 aromatic carbocycles. The first kappa shape index (κ1) is 26.9. The molecule has 0 spiro atoms. The van der Waals surface area contributed by atoms with Gasteiger partial charge < -0.3 is 14.5 Å². The van der Waals surface area contributed by atoms with Crippen LogP contribution < -0.4 is 0 Å². The Morgan fingerprint density at radius 2 is 1.57 bits per heavy atom. The molecular formula is C29H36FN3O4. The second-order valence-corrected chi connectivity index (χ2v) is 10.0. The third kappa shape index (κ3) is 5.91. The van der Waals surface area contributed by atoms with Crippen LogP contribution in [0.15, 0.2) is 48.5 Å². The highest BCUT2D eigenvalue weighted by molar-refractivity contribution is 5.99. The van der Waals surface area contributed by atoms with Crippen LogP contribution in [-0.2, 0) is 14.3 Å². The van der Waals surface area contributed by atoms with E-state index >= 15 is 0 Å². The lowest BCUT2D eigenvalue weighted by molar-refractivity contribution is -0.144. The molecular weight excluding hydrogens is 473 g/mol. The molecule has 0 bridgehead atoms. The molecule has 2 aliphatic rings. The van der Waals surface area contributed by atoms with Crippen molar-refractivity contribution in [2.75, 3.05) is 59.5 Å². The average molecular weight is 510 g/mol. The van der Waals surface area contributed by atoms with Gasteiger partial charge in [-0.25, -0.2) is 4.39 Å². The highest BCUT2D eigenvalue weighted by Gasteiger charge is 2.46. The summed E-state index contributed by atoms with van der Waals surface area (Å²) in [5.74, 6) is -1.97. The first-order valence-electron chi connectivity index (χ1n) is 12.9. The molecule has 2 heterocycles. The number of rotatable bonds is 7. The van der Waals surface area contributed by atoms with E-state index in [1.54, 1.807) is 42.0 Å². The molecule has 0 unspecified atom stereocenters. The van der Waals surface area contributed by atoms with E-state index in [0.29, 0.717) is 69.1 Å². The lowest BCUT2D eigenvalue weighted by Crippen LogP contribution is -2.57. The minimum atomic E-state index is -0.535. The zero-order valence-electron chi connectivity index (χ0n) is 21.9. The zero-order valence-corrected chi connectivity index (χ0v) is 21.9. The predicted octanol–water partition coefficient (Wildman–Crippen LogP) is 2.99. The number of nitrogens with zero attached hydrogens (tertiary/aromatic N) is 3. The van der Waals surface area contributed by atoms with Gasteiger partial charge in [-0.1, -0.05) is 42.5 Å². The smallest absolute Gasteiger partial charge is 0.227 e. The van der Waals surface area contributed by atoms with Crippen molar-refractivity contribution in [3.63, 3.8) is 0 Å². The number of hydrogen-bond acceptors (Lipinski definition) is 5. The average Bonchev–Trinajstić information content (AvgIpc) is 2.92. The number of piperazine rings is 1. The molecule has 0 aliphatic carbocycles. The summed E-state index contributed by atoms with van der Waals surface area (Å²) < 4.78 is 20.1. The second-order valence-electron chi connectivity index (χ2n) is 10.0. The molecule has 37 heavy (non-hydrogen) atoms. The first-order valence-corrected chi connectivity index (χ1v) is 12.9. The standard InChI is InChI=1S/C29H36FN3O4/c1-20-23(10-7-11-26(20)30)27-24(28(35)22-8-5-4-6-9-22)18-31(16-17-37-3)19-25(27)29(36)33-14-12-32(13-15-33)21(2)34/h4-11,24-25,27H,12-19H2,1-3H3/t24-,25+,27+/m0/s1. The van der Waals surface area contributed by atoms with Gasteiger partial charge in [-0.15, -0.1) is 0 Å². The summed E-state index contributed by atoms with van der Waals surface area (Å²) in [5, 5.41) is 0. The fourth-order valence-corrected chi connectivity index (χ4v) is 5.73. The largest absolute Gasteiger partial charge is 0.383 e. The number of Topliss-reactive ketones (excluding diaryl/α,β-unsaturated/α-hetero) is 1. The van der Waals surface area contributed by atoms with Gasteiger partial charge in [0.1, 0.15) is 5.82 Å². The van der Waals surface area contributed by atoms with E-state index in [0.717, 1.165) is 0 Å². The molecule has 2 fully saturated rings. The minimum absolute atomic E-state index is 0.00251. The number of ether oxygens (including phenoxy) is 1. The highest BCUT2D eigenvalue weighted by Crippen LogP contribution is 2.42.